The Hall–Kier alpha value is -2.50. The van der Waals surface area contributed by atoms with Crippen LogP contribution in [0.5, 0.6) is 5.75 Å². The molecule has 1 atom stereocenters. The third-order valence-electron chi connectivity index (χ3n) is 4.39. The molecule has 1 aliphatic rings. The van der Waals surface area contributed by atoms with E-state index in [1.165, 1.54) is 0 Å². The third-order valence-corrected chi connectivity index (χ3v) is 4.39. The highest BCUT2D eigenvalue weighted by Gasteiger charge is 2.28. The molecule has 2 aromatic rings. The molecule has 0 radical (unpaired) electrons. The second-order valence-electron chi connectivity index (χ2n) is 7.79. The number of carbonyl (C=O) groups is 1. The van der Waals surface area contributed by atoms with Crippen molar-refractivity contribution in [1.29, 1.82) is 0 Å². The Bertz CT molecular complexity index is 792. The van der Waals surface area contributed by atoms with Gasteiger partial charge < -0.3 is 14.4 Å². The molecular formula is C20H27N3O3. The van der Waals surface area contributed by atoms with Crippen molar-refractivity contribution in [2.75, 3.05) is 20.2 Å². The van der Waals surface area contributed by atoms with Gasteiger partial charge in [0.05, 0.1) is 12.3 Å². The number of aryl methyl sites for hydroxylation is 1. The number of hydrogen-bond donors (Lipinski definition) is 0. The number of rotatable bonds is 3. The predicted octanol–water partition coefficient (Wildman–Crippen LogP) is 3.82. The zero-order valence-electron chi connectivity index (χ0n) is 16.2. The second-order valence-corrected chi connectivity index (χ2v) is 7.79. The fraction of sp³-hybridized carbons (Fsp3) is 0.500. The average Bonchev–Trinajstić information content (AvgIpc) is 2.99. The van der Waals surface area contributed by atoms with E-state index in [-0.39, 0.29) is 12.0 Å². The van der Waals surface area contributed by atoms with Crippen LogP contribution in [-0.2, 0) is 11.8 Å². The molecule has 0 saturated heterocycles. The van der Waals surface area contributed by atoms with Crippen LogP contribution >= 0.6 is 0 Å². The molecule has 3 rings (SSSR count). The summed E-state index contributed by atoms with van der Waals surface area (Å²) in [6.07, 6.45) is 2.49. The molecule has 1 aromatic carbocycles. The van der Waals surface area contributed by atoms with Crippen LogP contribution in [0.15, 0.2) is 30.5 Å². The van der Waals surface area contributed by atoms with E-state index in [2.05, 4.69) is 11.2 Å². The largest absolute Gasteiger partial charge is 0.493 e. The number of amides is 1. The van der Waals surface area contributed by atoms with Crippen LogP contribution in [0.2, 0.25) is 0 Å². The maximum atomic E-state index is 12.3. The summed E-state index contributed by atoms with van der Waals surface area (Å²) >= 11 is 0. The minimum Gasteiger partial charge on any atom is -0.493 e. The van der Waals surface area contributed by atoms with E-state index >= 15 is 0 Å². The summed E-state index contributed by atoms with van der Waals surface area (Å²) in [5.41, 5.74) is 2.51. The zero-order chi connectivity index (χ0) is 18.9. The molecule has 6 heteroatoms. The van der Waals surface area contributed by atoms with Crippen molar-refractivity contribution in [2.24, 2.45) is 7.05 Å². The molecule has 0 aliphatic carbocycles. The molecule has 0 N–H and O–H groups in total. The molecular weight excluding hydrogens is 330 g/mol. The van der Waals surface area contributed by atoms with E-state index in [1.54, 1.807) is 16.6 Å². The molecule has 1 aromatic heterocycles. The number of para-hydroxylation sites is 1. The normalized spacial score (nSPS) is 16.6. The highest BCUT2D eigenvalue weighted by Crippen LogP contribution is 2.40. The number of nitrogens with zero attached hydrogens (tertiary/aromatic N) is 3. The fourth-order valence-corrected chi connectivity index (χ4v) is 3.19. The monoisotopic (exact) mass is 357 g/mol. The van der Waals surface area contributed by atoms with Gasteiger partial charge in [-0.3, -0.25) is 4.68 Å². The fourth-order valence-electron chi connectivity index (χ4n) is 3.19. The highest BCUT2D eigenvalue weighted by atomic mass is 16.6. The van der Waals surface area contributed by atoms with Crippen LogP contribution in [-0.4, -0.2) is 46.6 Å². The van der Waals surface area contributed by atoms with Gasteiger partial charge in [-0.15, -0.1) is 0 Å². The molecule has 2 heterocycles. The van der Waals surface area contributed by atoms with Crippen LogP contribution in [0.3, 0.4) is 0 Å². The average molecular weight is 357 g/mol. The summed E-state index contributed by atoms with van der Waals surface area (Å²) in [5.74, 6) is 1.08. The van der Waals surface area contributed by atoms with Crippen LogP contribution < -0.4 is 4.74 Å². The van der Waals surface area contributed by atoms with Gasteiger partial charge in [0, 0.05) is 38.3 Å². The van der Waals surface area contributed by atoms with Crippen molar-refractivity contribution in [3.05, 3.63) is 36.0 Å². The van der Waals surface area contributed by atoms with Gasteiger partial charge in [0.15, 0.2) is 0 Å². The Kier molecular flexibility index (Phi) is 4.94. The number of likely N-dealkylation sites (N-methyl/N-ethyl adjacent to an activating group) is 1. The maximum Gasteiger partial charge on any atom is 0.410 e. The summed E-state index contributed by atoms with van der Waals surface area (Å²) in [6.45, 7) is 6.85. The van der Waals surface area contributed by atoms with E-state index in [9.17, 15) is 4.79 Å². The van der Waals surface area contributed by atoms with Crippen molar-refractivity contribution in [2.45, 2.75) is 38.7 Å². The standard InChI is InChI=1S/C20H27N3O3/c1-20(2,3)26-19(24)22(4)13-14-10-12-25-18-15(14)7-6-8-16(18)17-9-11-23(5)21-17/h6-9,11,14H,10,12-13H2,1-5H3/t14-/m0/s1. The Morgan fingerprint density at radius 3 is 2.81 bits per heavy atom. The smallest absolute Gasteiger partial charge is 0.410 e. The number of ether oxygens (including phenoxy) is 2. The van der Waals surface area contributed by atoms with Gasteiger partial charge in [-0.25, -0.2) is 4.79 Å². The second kappa shape index (κ2) is 7.02. The van der Waals surface area contributed by atoms with E-state index < -0.39 is 5.60 Å². The highest BCUT2D eigenvalue weighted by molar-refractivity contribution is 5.70. The van der Waals surface area contributed by atoms with Crippen molar-refractivity contribution in [3.8, 4) is 17.0 Å². The van der Waals surface area contributed by atoms with Crippen LogP contribution in [0.25, 0.3) is 11.3 Å². The summed E-state index contributed by atoms with van der Waals surface area (Å²) in [5, 5.41) is 4.50. The van der Waals surface area contributed by atoms with E-state index in [0.717, 1.165) is 29.0 Å². The lowest BCUT2D eigenvalue weighted by Crippen LogP contribution is -2.37. The minimum absolute atomic E-state index is 0.208. The lowest BCUT2D eigenvalue weighted by atomic mass is 9.90. The van der Waals surface area contributed by atoms with Gasteiger partial charge in [-0.1, -0.05) is 12.1 Å². The topological polar surface area (TPSA) is 56.6 Å². The molecule has 26 heavy (non-hydrogen) atoms. The third kappa shape index (κ3) is 4.00. The van der Waals surface area contributed by atoms with Gasteiger partial charge in [-0.2, -0.15) is 5.10 Å². The van der Waals surface area contributed by atoms with Crippen molar-refractivity contribution in [1.82, 2.24) is 14.7 Å². The number of carbonyl (C=O) groups excluding carboxylic acids is 1. The molecule has 0 bridgehead atoms. The predicted molar refractivity (Wildman–Crippen MR) is 100 cm³/mol. The van der Waals surface area contributed by atoms with E-state index in [0.29, 0.717) is 13.2 Å². The number of aromatic nitrogens is 2. The van der Waals surface area contributed by atoms with Gasteiger partial charge >= 0.3 is 6.09 Å². The van der Waals surface area contributed by atoms with Gasteiger partial charge in [0.2, 0.25) is 0 Å². The van der Waals surface area contributed by atoms with Crippen LogP contribution in [0, 0.1) is 0 Å². The first-order chi connectivity index (χ1) is 12.2. The Balaban J connectivity index is 1.82. The Morgan fingerprint density at radius 1 is 1.38 bits per heavy atom. The van der Waals surface area contributed by atoms with Gasteiger partial charge in [-0.05, 0) is 44.9 Å². The van der Waals surface area contributed by atoms with Gasteiger partial charge in [0.1, 0.15) is 11.4 Å². The first-order valence-corrected chi connectivity index (χ1v) is 8.94. The van der Waals surface area contributed by atoms with Crippen molar-refractivity contribution in [3.63, 3.8) is 0 Å². The first kappa shape index (κ1) is 18.3. The van der Waals surface area contributed by atoms with E-state index in [1.807, 2.05) is 52.2 Å². The van der Waals surface area contributed by atoms with E-state index in [4.69, 9.17) is 9.47 Å². The Morgan fingerprint density at radius 2 is 2.15 bits per heavy atom. The lowest BCUT2D eigenvalue weighted by molar-refractivity contribution is 0.0281. The number of hydrogen-bond acceptors (Lipinski definition) is 4. The van der Waals surface area contributed by atoms with Crippen molar-refractivity contribution >= 4 is 6.09 Å². The van der Waals surface area contributed by atoms with Crippen LogP contribution in [0.1, 0.15) is 38.7 Å². The molecule has 0 fully saturated rings. The molecule has 1 aliphatic heterocycles. The summed E-state index contributed by atoms with van der Waals surface area (Å²) in [6, 6.07) is 8.11. The number of benzene rings is 1. The molecule has 0 saturated carbocycles. The molecule has 140 valence electrons. The maximum absolute atomic E-state index is 12.3. The number of fused-ring (bicyclic) bond motifs is 1. The molecule has 0 unspecified atom stereocenters. The van der Waals surface area contributed by atoms with Crippen molar-refractivity contribution < 1.29 is 14.3 Å². The lowest BCUT2D eigenvalue weighted by Gasteiger charge is -2.31. The zero-order valence-corrected chi connectivity index (χ0v) is 16.2. The molecule has 1 amide bonds. The van der Waals surface area contributed by atoms with Crippen LogP contribution in [0.4, 0.5) is 4.79 Å². The molecule has 0 spiro atoms. The first-order valence-electron chi connectivity index (χ1n) is 8.94. The quantitative estimate of drug-likeness (QED) is 0.838. The van der Waals surface area contributed by atoms with Gasteiger partial charge in [0.25, 0.3) is 0 Å². The minimum atomic E-state index is -0.495. The summed E-state index contributed by atoms with van der Waals surface area (Å²) < 4.78 is 13.2. The Labute approximate surface area is 154 Å². The molecule has 6 nitrogen and oxygen atoms in total. The summed E-state index contributed by atoms with van der Waals surface area (Å²) in [4.78, 5) is 13.9. The summed E-state index contributed by atoms with van der Waals surface area (Å²) in [7, 11) is 3.68. The SMILES string of the molecule is CN(C[C@@H]1CCOc2c(-c3ccn(C)n3)cccc21)C(=O)OC(C)(C)C.